The minimum absolute atomic E-state index is 0.171. The summed E-state index contributed by atoms with van der Waals surface area (Å²) in [5.41, 5.74) is 2.52. The van der Waals surface area contributed by atoms with Crippen molar-refractivity contribution in [3.63, 3.8) is 0 Å². The van der Waals surface area contributed by atoms with Gasteiger partial charge in [-0.05, 0) is 35.6 Å². The molecule has 0 aliphatic rings. The van der Waals surface area contributed by atoms with E-state index in [-0.39, 0.29) is 5.41 Å². The molecule has 21 heavy (non-hydrogen) atoms. The van der Waals surface area contributed by atoms with Crippen molar-refractivity contribution in [2.24, 2.45) is 0 Å². The quantitative estimate of drug-likeness (QED) is 0.857. The van der Waals surface area contributed by atoms with Crippen LogP contribution >= 0.6 is 0 Å². The van der Waals surface area contributed by atoms with Crippen LogP contribution in [-0.4, -0.2) is 16.5 Å². The predicted octanol–water partition coefficient (Wildman–Crippen LogP) is 4.34. The van der Waals surface area contributed by atoms with E-state index in [9.17, 15) is 0 Å². The third-order valence-corrected chi connectivity index (χ3v) is 3.21. The van der Waals surface area contributed by atoms with Gasteiger partial charge in [0.2, 0.25) is 5.95 Å². The highest BCUT2D eigenvalue weighted by molar-refractivity contribution is 5.57. The number of hydrogen-bond acceptors (Lipinski definition) is 4. The Labute approximate surface area is 127 Å². The van der Waals surface area contributed by atoms with Gasteiger partial charge in [-0.2, -0.15) is 4.98 Å². The van der Waals surface area contributed by atoms with Crippen LogP contribution in [-0.2, 0) is 5.41 Å². The molecule has 0 atom stereocenters. The number of anilines is 3. The molecule has 4 heteroatoms. The molecule has 1 heterocycles. The first-order chi connectivity index (χ1) is 9.99. The Morgan fingerprint density at radius 1 is 1.05 bits per heavy atom. The molecule has 0 unspecified atom stereocenters. The van der Waals surface area contributed by atoms with Gasteiger partial charge in [-0.15, -0.1) is 0 Å². The first kappa shape index (κ1) is 15.3. The van der Waals surface area contributed by atoms with Crippen molar-refractivity contribution in [1.82, 2.24) is 9.97 Å². The number of nitrogens with one attached hydrogen (secondary N) is 2. The second-order valence-corrected chi connectivity index (χ2v) is 6.14. The van der Waals surface area contributed by atoms with E-state index >= 15 is 0 Å². The van der Waals surface area contributed by atoms with Crippen molar-refractivity contribution in [1.29, 1.82) is 0 Å². The molecule has 0 amide bonds. The van der Waals surface area contributed by atoms with E-state index in [2.05, 4.69) is 72.6 Å². The van der Waals surface area contributed by atoms with Crippen LogP contribution < -0.4 is 10.6 Å². The maximum absolute atomic E-state index is 4.44. The lowest BCUT2D eigenvalue weighted by Crippen LogP contribution is -2.10. The van der Waals surface area contributed by atoms with Crippen molar-refractivity contribution in [2.75, 3.05) is 17.2 Å². The zero-order valence-corrected chi connectivity index (χ0v) is 13.3. The molecule has 0 bridgehead atoms. The summed E-state index contributed by atoms with van der Waals surface area (Å²) in [6, 6.07) is 10.3. The van der Waals surface area contributed by atoms with E-state index in [1.807, 2.05) is 6.07 Å². The molecular weight excluding hydrogens is 260 g/mol. The Bertz CT molecular complexity index is 570. The molecule has 2 rings (SSSR count). The zero-order chi connectivity index (χ0) is 15.3. The Morgan fingerprint density at radius 3 is 2.38 bits per heavy atom. The lowest BCUT2D eigenvalue weighted by Gasteiger charge is -2.19. The standard InChI is InChI=1S/C17H24N4/c1-5-11-18-16-19-12-10-15(21-16)20-14-8-6-13(7-9-14)17(2,3)4/h6-10,12H,5,11H2,1-4H3,(H2,18,19,20,21). The summed E-state index contributed by atoms with van der Waals surface area (Å²) in [4.78, 5) is 8.65. The second kappa shape index (κ2) is 6.57. The largest absolute Gasteiger partial charge is 0.354 e. The lowest BCUT2D eigenvalue weighted by molar-refractivity contribution is 0.590. The molecule has 0 saturated heterocycles. The number of rotatable bonds is 5. The smallest absolute Gasteiger partial charge is 0.224 e. The summed E-state index contributed by atoms with van der Waals surface area (Å²) < 4.78 is 0. The third-order valence-electron chi connectivity index (χ3n) is 3.21. The first-order valence-corrected chi connectivity index (χ1v) is 7.43. The molecule has 112 valence electrons. The van der Waals surface area contributed by atoms with E-state index < -0.39 is 0 Å². The first-order valence-electron chi connectivity index (χ1n) is 7.43. The topological polar surface area (TPSA) is 49.8 Å². The average Bonchev–Trinajstić information content (AvgIpc) is 2.45. The number of hydrogen-bond donors (Lipinski definition) is 2. The highest BCUT2D eigenvalue weighted by Gasteiger charge is 2.12. The molecule has 0 saturated carbocycles. The van der Waals surface area contributed by atoms with E-state index in [1.165, 1.54) is 5.56 Å². The molecule has 2 aromatic rings. The normalized spacial score (nSPS) is 11.2. The molecular formula is C17H24N4. The summed E-state index contributed by atoms with van der Waals surface area (Å²) >= 11 is 0. The SMILES string of the molecule is CCCNc1nccc(Nc2ccc(C(C)(C)C)cc2)n1. The van der Waals surface area contributed by atoms with E-state index in [0.717, 1.165) is 24.5 Å². The fourth-order valence-electron chi connectivity index (χ4n) is 1.95. The van der Waals surface area contributed by atoms with Crippen molar-refractivity contribution in [3.8, 4) is 0 Å². The van der Waals surface area contributed by atoms with Gasteiger partial charge in [-0.25, -0.2) is 4.98 Å². The monoisotopic (exact) mass is 284 g/mol. The van der Waals surface area contributed by atoms with Gasteiger partial charge in [0, 0.05) is 18.4 Å². The molecule has 0 aliphatic heterocycles. The molecule has 0 aliphatic carbocycles. The fraction of sp³-hybridized carbons (Fsp3) is 0.412. The fourth-order valence-corrected chi connectivity index (χ4v) is 1.95. The van der Waals surface area contributed by atoms with Gasteiger partial charge in [0.15, 0.2) is 0 Å². The molecule has 2 N–H and O–H groups in total. The predicted molar refractivity (Wildman–Crippen MR) is 89.2 cm³/mol. The highest BCUT2D eigenvalue weighted by atomic mass is 15.1. The second-order valence-electron chi connectivity index (χ2n) is 6.14. The number of nitrogens with zero attached hydrogens (tertiary/aromatic N) is 2. The van der Waals surface area contributed by atoms with Gasteiger partial charge in [0.1, 0.15) is 5.82 Å². The molecule has 4 nitrogen and oxygen atoms in total. The third kappa shape index (κ3) is 4.45. The minimum atomic E-state index is 0.171. The maximum atomic E-state index is 4.44. The van der Waals surface area contributed by atoms with Crippen LogP contribution in [0.25, 0.3) is 0 Å². The Hall–Kier alpha value is -2.10. The van der Waals surface area contributed by atoms with Crippen LogP contribution in [0.3, 0.4) is 0 Å². The Balaban J connectivity index is 2.07. The highest BCUT2D eigenvalue weighted by Crippen LogP contribution is 2.24. The van der Waals surface area contributed by atoms with Gasteiger partial charge in [0.25, 0.3) is 0 Å². The van der Waals surface area contributed by atoms with E-state index in [4.69, 9.17) is 0 Å². The Kier molecular flexibility index (Phi) is 4.78. The zero-order valence-electron chi connectivity index (χ0n) is 13.3. The summed E-state index contributed by atoms with van der Waals surface area (Å²) in [5.74, 6) is 1.46. The molecule has 1 aromatic heterocycles. The summed E-state index contributed by atoms with van der Waals surface area (Å²) in [7, 11) is 0. The number of aromatic nitrogens is 2. The van der Waals surface area contributed by atoms with Crippen molar-refractivity contribution < 1.29 is 0 Å². The summed E-state index contributed by atoms with van der Waals surface area (Å²) in [5, 5.41) is 6.50. The molecule has 0 radical (unpaired) electrons. The van der Waals surface area contributed by atoms with Crippen LogP contribution in [0, 0.1) is 0 Å². The van der Waals surface area contributed by atoms with Gasteiger partial charge in [-0.3, -0.25) is 0 Å². The molecule has 0 spiro atoms. The van der Waals surface area contributed by atoms with Crippen LogP contribution in [0.5, 0.6) is 0 Å². The van der Waals surface area contributed by atoms with Crippen molar-refractivity contribution in [3.05, 3.63) is 42.1 Å². The van der Waals surface area contributed by atoms with Crippen LogP contribution in [0.2, 0.25) is 0 Å². The van der Waals surface area contributed by atoms with Crippen LogP contribution in [0.4, 0.5) is 17.5 Å². The summed E-state index contributed by atoms with van der Waals surface area (Å²) in [6.07, 6.45) is 2.81. The maximum Gasteiger partial charge on any atom is 0.224 e. The van der Waals surface area contributed by atoms with Gasteiger partial charge >= 0.3 is 0 Å². The van der Waals surface area contributed by atoms with Crippen molar-refractivity contribution >= 4 is 17.5 Å². The van der Waals surface area contributed by atoms with Crippen molar-refractivity contribution in [2.45, 2.75) is 39.5 Å². The molecule has 1 aromatic carbocycles. The van der Waals surface area contributed by atoms with Gasteiger partial charge in [0.05, 0.1) is 0 Å². The van der Waals surface area contributed by atoms with E-state index in [0.29, 0.717) is 5.95 Å². The summed E-state index contributed by atoms with van der Waals surface area (Å²) in [6.45, 7) is 9.64. The Morgan fingerprint density at radius 2 is 1.76 bits per heavy atom. The minimum Gasteiger partial charge on any atom is -0.354 e. The number of benzene rings is 1. The average molecular weight is 284 g/mol. The van der Waals surface area contributed by atoms with E-state index in [1.54, 1.807) is 6.20 Å². The van der Waals surface area contributed by atoms with Gasteiger partial charge < -0.3 is 10.6 Å². The van der Waals surface area contributed by atoms with Crippen LogP contribution in [0.15, 0.2) is 36.5 Å². The van der Waals surface area contributed by atoms with Gasteiger partial charge in [-0.1, -0.05) is 39.8 Å². The lowest BCUT2D eigenvalue weighted by atomic mass is 9.87. The van der Waals surface area contributed by atoms with Crippen LogP contribution in [0.1, 0.15) is 39.7 Å². The molecule has 0 fully saturated rings.